The molecule has 0 bridgehead atoms. The average Bonchev–Trinajstić information content (AvgIpc) is 3.17. The number of aromatic amines is 1. The highest BCUT2D eigenvalue weighted by atomic mass is 32.2. The molecule has 1 saturated heterocycles. The molecular weight excluding hydrogens is 346 g/mol. The maximum absolute atomic E-state index is 12.4. The second-order valence-corrected chi connectivity index (χ2v) is 7.90. The van der Waals surface area contributed by atoms with Crippen molar-refractivity contribution in [3.8, 4) is 0 Å². The van der Waals surface area contributed by atoms with Crippen molar-refractivity contribution < 1.29 is 0 Å². The van der Waals surface area contributed by atoms with Gasteiger partial charge in [-0.15, -0.1) is 5.10 Å². The summed E-state index contributed by atoms with van der Waals surface area (Å²) in [5, 5.41) is 9.57. The lowest BCUT2D eigenvalue weighted by molar-refractivity contribution is 0.656. The standard InChI is InChI=1S/C19H19N5OS/c25-19-13-4-1-2-5-15(13)20-18(21-19)16-6-3-8-24(16)17-10-12-11-26-9-7-14(12)22-23-17/h1-2,4-5,10,16H,3,6-9,11H2,(H,20,21,25). The lowest BCUT2D eigenvalue weighted by Gasteiger charge is -2.26. The van der Waals surface area contributed by atoms with Gasteiger partial charge >= 0.3 is 0 Å². The van der Waals surface area contributed by atoms with Crippen molar-refractivity contribution in [2.45, 2.75) is 31.1 Å². The van der Waals surface area contributed by atoms with E-state index < -0.39 is 0 Å². The average molecular weight is 365 g/mol. The van der Waals surface area contributed by atoms with Crippen molar-refractivity contribution in [2.24, 2.45) is 0 Å². The number of nitrogens with one attached hydrogen (secondary N) is 1. The summed E-state index contributed by atoms with van der Waals surface area (Å²) in [6, 6.07) is 9.69. The van der Waals surface area contributed by atoms with Crippen molar-refractivity contribution >= 4 is 28.5 Å². The zero-order chi connectivity index (χ0) is 17.5. The summed E-state index contributed by atoms with van der Waals surface area (Å²) < 4.78 is 0. The van der Waals surface area contributed by atoms with E-state index in [4.69, 9.17) is 4.98 Å². The molecule has 0 radical (unpaired) electrons. The molecule has 0 aliphatic carbocycles. The van der Waals surface area contributed by atoms with Gasteiger partial charge in [0.1, 0.15) is 5.82 Å². The summed E-state index contributed by atoms with van der Waals surface area (Å²) in [5.74, 6) is 3.74. The zero-order valence-corrected chi connectivity index (χ0v) is 15.1. The number of nitrogens with zero attached hydrogens (tertiary/aromatic N) is 4. The molecule has 4 heterocycles. The molecule has 1 fully saturated rings. The summed E-state index contributed by atoms with van der Waals surface area (Å²) in [6.45, 7) is 0.905. The molecule has 0 saturated carbocycles. The third-order valence-corrected chi connectivity index (χ3v) is 6.19. The first kappa shape index (κ1) is 15.8. The second-order valence-electron chi connectivity index (χ2n) is 6.80. The van der Waals surface area contributed by atoms with E-state index in [1.807, 2.05) is 36.0 Å². The number of H-pyrrole nitrogens is 1. The number of hydrogen-bond donors (Lipinski definition) is 1. The predicted molar refractivity (Wildman–Crippen MR) is 104 cm³/mol. The lowest BCUT2D eigenvalue weighted by Crippen LogP contribution is -2.27. The van der Waals surface area contributed by atoms with Crippen molar-refractivity contribution in [3.63, 3.8) is 0 Å². The molecule has 2 aliphatic rings. The van der Waals surface area contributed by atoms with E-state index in [1.54, 1.807) is 0 Å². The molecule has 1 aromatic carbocycles. The van der Waals surface area contributed by atoms with Crippen LogP contribution in [0.3, 0.4) is 0 Å². The van der Waals surface area contributed by atoms with Gasteiger partial charge < -0.3 is 9.88 Å². The number of rotatable bonds is 2. The summed E-state index contributed by atoms with van der Waals surface area (Å²) >= 11 is 1.94. The topological polar surface area (TPSA) is 74.8 Å². The number of aromatic nitrogens is 4. The fourth-order valence-electron chi connectivity index (χ4n) is 3.86. The van der Waals surface area contributed by atoms with Gasteiger partial charge in [-0.25, -0.2) is 4.98 Å². The number of benzene rings is 1. The van der Waals surface area contributed by atoms with Crippen molar-refractivity contribution in [2.75, 3.05) is 17.2 Å². The molecule has 132 valence electrons. The zero-order valence-electron chi connectivity index (χ0n) is 14.3. The quantitative estimate of drug-likeness (QED) is 0.753. The molecule has 5 rings (SSSR count). The maximum Gasteiger partial charge on any atom is 0.258 e. The predicted octanol–water partition coefficient (Wildman–Crippen LogP) is 2.84. The number of aryl methyl sites for hydroxylation is 1. The van der Waals surface area contributed by atoms with Crippen LogP contribution in [0.15, 0.2) is 35.1 Å². The third-order valence-electron chi connectivity index (χ3n) is 5.18. The van der Waals surface area contributed by atoms with Gasteiger partial charge in [0, 0.05) is 18.7 Å². The normalized spacial score (nSPS) is 19.7. The van der Waals surface area contributed by atoms with E-state index in [9.17, 15) is 4.79 Å². The number of para-hydroxylation sites is 1. The van der Waals surface area contributed by atoms with Crippen LogP contribution in [0.2, 0.25) is 0 Å². The van der Waals surface area contributed by atoms with Gasteiger partial charge in [-0.1, -0.05) is 12.1 Å². The Bertz CT molecular complexity index is 1030. The van der Waals surface area contributed by atoms with Gasteiger partial charge in [-0.2, -0.15) is 16.9 Å². The minimum Gasteiger partial charge on any atom is -0.345 e. The van der Waals surface area contributed by atoms with Gasteiger partial charge in [0.15, 0.2) is 5.82 Å². The first-order valence-corrected chi connectivity index (χ1v) is 10.1. The Morgan fingerprint density at radius 1 is 1.23 bits per heavy atom. The van der Waals surface area contributed by atoms with Crippen LogP contribution in [0.1, 0.15) is 36.0 Å². The smallest absolute Gasteiger partial charge is 0.258 e. The molecule has 0 amide bonds. The number of fused-ring (bicyclic) bond motifs is 2. The van der Waals surface area contributed by atoms with Crippen LogP contribution in [0.5, 0.6) is 0 Å². The molecule has 2 aromatic heterocycles. The fourth-order valence-corrected chi connectivity index (χ4v) is 4.81. The van der Waals surface area contributed by atoms with Crippen LogP contribution in [0.4, 0.5) is 5.82 Å². The molecule has 1 atom stereocenters. The van der Waals surface area contributed by atoms with Gasteiger partial charge in [-0.3, -0.25) is 4.79 Å². The van der Waals surface area contributed by atoms with Crippen LogP contribution < -0.4 is 10.5 Å². The fraction of sp³-hybridized carbons (Fsp3) is 0.368. The van der Waals surface area contributed by atoms with E-state index >= 15 is 0 Å². The lowest BCUT2D eigenvalue weighted by atomic mass is 10.1. The molecular formula is C19H19N5OS. The number of hydrogen-bond acceptors (Lipinski definition) is 6. The Morgan fingerprint density at radius 3 is 3.12 bits per heavy atom. The molecule has 7 heteroatoms. The molecule has 6 nitrogen and oxygen atoms in total. The monoisotopic (exact) mass is 365 g/mol. The minimum atomic E-state index is -0.0784. The van der Waals surface area contributed by atoms with E-state index in [0.717, 1.165) is 60.2 Å². The summed E-state index contributed by atoms with van der Waals surface area (Å²) in [7, 11) is 0. The molecule has 2 aliphatic heterocycles. The van der Waals surface area contributed by atoms with Crippen LogP contribution in [-0.2, 0) is 12.2 Å². The van der Waals surface area contributed by atoms with E-state index in [2.05, 4.69) is 26.1 Å². The van der Waals surface area contributed by atoms with E-state index in [1.165, 1.54) is 5.56 Å². The Kier molecular flexibility index (Phi) is 3.89. The summed E-state index contributed by atoms with van der Waals surface area (Å²) in [6.07, 6.45) is 3.00. The highest BCUT2D eigenvalue weighted by Crippen LogP contribution is 2.35. The summed E-state index contributed by atoms with van der Waals surface area (Å²) in [5.41, 5.74) is 3.08. The van der Waals surface area contributed by atoms with Gasteiger partial charge in [0.05, 0.1) is 22.6 Å². The third kappa shape index (κ3) is 2.67. The number of thioether (sulfide) groups is 1. The van der Waals surface area contributed by atoms with Gasteiger partial charge in [0.2, 0.25) is 0 Å². The Hall–Kier alpha value is -2.41. The molecule has 1 N–H and O–H groups in total. The highest BCUT2D eigenvalue weighted by molar-refractivity contribution is 7.98. The molecule has 3 aromatic rings. The van der Waals surface area contributed by atoms with E-state index in [0.29, 0.717) is 5.39 Å². The molecule has 0 spiro atoms. The van der Waals surface area contributed by atoms with Crippen molar-refractivity contribution in [1.29, 1.82) is 0 Å². The van der Waals surface area contributed by atoms with Gasteiger partial charge in [0.25, 0.3) is 5.56 Å². The minimum absolute atomic E-state index is 0.0379. The maximum atomic E-state index is 12.4. The van der Waals surface area contributed by atoms with E-state index in [-0.39, 0.29) is 11.6 Å². The number of anilines is 1. The SMILES string of the molecule is O=c1[nH]c(C2CCCN2c2cc3c(nn2)CCSC3)nc2ccccc12. The molecule has 26 heavy (non-hydrogen) atoms. The van der Waals surface area contributed by atoms with Crippen LogP contribution >= 0.6 is 11.8 Å². The first-order chi connectivity index (χ1) is 12.8. The van der Waals surface area contributed by atoms with Crippen LogP contribution in [0, 0.1) is 0 Å². The van der Waals surface area contributed by atoms with Crippen molar-refractivity contribution in [1.82, 2.24) is 20.2 Å². The largest absolute Gasteiger partial charge is 0.345 e. The van der Waals surface area contributed by atoms with Gasteiger partial charge in [-0.05, 0) is 42.4 Å². The Balaban J connectivity index is 1.54. The van der Waals surface area contributed by atoms with Crippen LogP contribution in [0.25, 0.3) is 10.9 Å². The second kappa shape index (κ2) is 6.39. The highest BCUT2D eigenvalue weighted by Gasteiger charge is 2.30. The van der Waals surface area contributed by atoms with Crippen LogP contribution in [-0.4, -0.2) is 32.5 Å². The first-order valence-electron chi connectivity index (χ1n) is 8.98. The summed E-state index contributed by atoms with van der Waals surface area (Å²) in [4.78, 5) is 22.4. The molecule has 1 unspecified atom stereocenters. The Labute approximate surface area is 155 Å². The Morgan fingerprint density at radius 2 is 2.15 bits per heavy atom. The van der Waals surface area contributed by atoms with Crippen molar-refractivity contribution in [3.05, 3.63) is 57.8 Å².